The molecule has 0 bridgehead atoms. The van der Waals surface area contributed by atoms with E-state index in [0.29, 0.717) is 0 Å². The van der Waals surface area contributed by atoms with Crippen LogP contribution >= 0.6 is 0 Å². The molecule has 2 aromatic carbocycles. The topological polar surface area (TPSA) is 44.0 Å². The zero-order chi connectivity index (χ0) is 18.3. The summed E-state index contributed by atoms with van der Waals surface area (Å²) in [7, 11) is 4.21. The van der Waals surface area contributed by atoms with E-state index < -0.39 is 0 Å². The van der Waals surface area contributed by atoms with Gasteiger partial charge >= 0.3 is 0 Å². The van der Waals surface area contributed by atoms with Crippen molar-refractivity contribution in [1.29, 1.82) is 0 Å². The van der Waals surface area contributed by atoms with Gasteiger partial charge in [-0.25, -0.2) is 4.98 Å². The Kier molecular flexibility index (Phi) is 4.29. The maximum atomic E-state index is 4.73. The predicted molar refractivity (Wildman–Crippen MR) is 112 cm³/mol. The van der Waals surface area contributed by atoms with Gasteiger partial charge in [0.15, 0.2) is 0 Å². The van der Waals surface area contributed by atoms with Crippen molar-refractivity contribution in [3.8, 4) is 0 Å². The van der Waals surface area contributed by atoms with Gasteiger partial charge in [0.05, 0.1) is 10.9 Å². The van der Waals surface area contributed by atoms with Crippen LogP contribution in [0.1, 0.15) is 17.5 Å². The zero-order valence-electron chi connectivity index (χ0n) is 16.0. The number of benzene rings is 2. The van der Waals surface area contributed by atoms with Crippen LogP contribution in [0.25, 0.3) is 32.6 Å². The van der Waals surface area contributed by atoms with Crippen molar-refractivity contribution >= 4 is 38.4 Å². The molecule has 4 aromatic rings. The van der Waals surface area contributed by atoms with E-state index in [1.807, 2.05) is 6.20 Å². The first kappa shape index (κ1) is 16.9. The fraction of sp³-hybridized carbons (Fsp3) is 0.318. The molecule has 4 heteroatoms. The van der Waals surface area contributed by atoms with E-state index in [1.54, 1.807) is 0 Å². The van der Waals surface area contributed by atoms with Gasteiger partial charge in [-0.3, -0.25) is 0 Å². The number of hydrogen-bond donors (Lipinski definition) is 2. The number of hydrogen-bond acceptors (Lipinski definition) is 3. The van der Waals surface area contributed by atoms with Gasteiger partial charge in [0.2, 0.25) is 0 Å². The Bertz CT molecular complexity index is 1090. The minimum atomic E-state index is 0.917. The van der Waals surface area contributed by atoms with Gasteiger partial charge in [0, 0.05) is 23.6 Å². The van der Waals surface area contributed by atoms with Crippen molar-refractivity contribution in [1.82, 2.24) is 14.9 Å². The Morgan fingerprint density at radius 1 is 1.08 bits per heavy atom. The lowest BCUT2D eigenvalue weighted by Crippen LogP contribution is -2.16. The van der Waals surface area contributed by atoms with Gasteiger partial charge in [-0.1, -0.05) is 29.8 Å². The third-order valence-electron chi connectivity index (χ3n) is 5.03. The van der Waals surface area contributed by atoms with Crippen LogP contribution in [0.15, 0.2) is 36.5 Å². The molecule has 26 heavy (non-hydrogen) atoms. The van der Waals surface area contributed by atoms with Crippen molar-refractivity contribution in [3.05, 3.63) is 47.7 Å². The highest BCUT2D eigenvalue weighted by Crippen LogP contribution is 2.36. The SMILES string of the molecule is Cc1ccc2c(ccc3[nH]c4c(C)cnc(NCCCN(C)C)c4c32)c1. The molecule has 0 radical (unpaired) electrons. The van der Waals surface area contributed by atoms with Crippen molar-refractivity contribution in [2.24, 2.45) is 0 Å². The molecule has 4 rings (SSSR count). The number of nitrogens with zero attached hydrogens (tertiary/aromatic N) is 2. The predicted octanol–water partition coefficient (Wildman–Crippen LogP) is 4.85. The van der Waals surface area contributed by atoms with Crippen molar-refractivity contribution in [2.75, 3.05) is 32.5 Å². The Labute approximate surface area is 154 Å². The number of nitrogens with one attached hydrogen (secondary N) is 2. The van der Waals surface area contributed by atoms with Gasteiger partial charge in [-0.05, 0) is 63.3 Å². The van der Waals surface area contributed by atoms with Gasteiger partial charge in [0.25, 0.3) is 0 Å². The van der Waals surface area contributed by atoms with Crippen LogP contribution in [0.3, 0.4) is 0 Å². The molecule has 0 aliphatic carbocycles. The number of aromatic amines is 1. The minimum Gasteiger partial charge on any atom is -0.369 e. The lowest BCUT2D eigenvalue weighted by atomic mass is 10.0. The molecule has 0 amide bonds. The van der Waals surface area contributed by atoms with E-state index in [9.17, 15) is 0 Å². The number of rotatable bonds is 5. The average molecular weight is 346 g/mol. The fourth-order valence-electron chi connectivity index (χ4n) is 3.70. The molecule has 2 aromatic heterocycles. The fourth-order valence-corrected chi connectivity index (χ4v) is 3.70. The summed E-state index contributed by atoms with van der Waals surface area (Å²) in [5.74, 6) is 0.976. The van der Waals surface area contributed by atoms with E-state index in [0.717, 1.165) is 25.3 Å². The zero-order valence-corrected chi connectivity index (χ0v) is 16.0. The van der Waals surface area contributed by atoms with Gasteiger partial charge in [-0.2, -0.15) is 0 Å². The quantitative estimate of drug-likeness (QED) is 0.508. The van der Waals surface area contributed by atoms with Gasteiger partial charge in [0.1, 0.15) is 5.82 Å². The first-order valence-corrected chi connectivity index (χ1v) is 9.23. The molecule has 0 atom stereocenters. The Hall–Kier alpha value is -2.59. The van der Waals surface area contributed by atoms with E-state index in [4.69, 9.17) is 4.98 Å². The lowest BCUT2D eigenvalue weighted by Gasteiger charge is -2.12. The Balaban J connectivity index is 1.89. The smallest absolute Gasteiger partial charge is 0.136 e. The van der Waals surface area contributed by atoms with E-state index in [1.165, 1.54) is 43.7 Å². The lowest BCUT2D eigenvalue weighted by molar-refractivity contribution is 0.405. The third-order valence-corrected chi connectivity index (χ3v) is 5.03. The highest BCUT2D eigenvalue weighted by Gasteiger charge is 2.14. The number of pyridine rings is 1. The van der Waals surface area contributed by atoms with Crippen LogP contribution in [0.2, 0.25) is 0 Å². The molecule has 2 N–H and O–H groups in total. The van der Waals surface area contributed by atoms with E-state index >= 15 is 0 Å². The number of anilines is 1. The molecule has 2 heterocycles. The summed E-state index contributed by atoms with van der Waals surface area (Å²) in [4.78, 5) is 10.5. The number of aryl methyl sites for hydroxylation is 2. The highest BCUT2D eigenvalue weighted by atomic mass is 15.1. The first-order chi connectivity index (χ1) is 12.5. The maximum absolute atomic E-state index is 4.73. The van der Waals surface area contributed by atoms with Crippen molar-refractivity contribution in [3.63, 3.8) is 0 Å². The molecule has 0 saturated carbocycles. The summed E-state index contributed by atoms with van der Waals surface area (Å²) in [5, 5.41) is 8.60. The molecule has 0 aliphatic rings. The Morgan fingerprint density at radius 2 is 1.92 bits per heavy atom. The van der Waals surface area contributed by atoms with Gasteiger partial charge in [-0.15, -0.1) is 0 Å². The summed E-state index contributed by atoms with van der Waals surface area (Å²) >= 11 is 0. The summed E-state index contributed by atoms with van der Waals surface area (Å²) in [5.41, 5.74) is 4.81. The van der Waals surface area contributed by atoms with Crippen LogP contribution in [0, 0.1) is 13.8 Å². The van der Waals surface area contributed by atoms with Crippen molar-refractivity contribution in [2.45, 2.75) is 20.3 Å². The second-order valence-electron chi connectivity index (χ2n) is 7.46. The normalized spacial score (nSPS) is 11.9. The van der Waals surface area contributed by atoms with Crippen LogP contribution in [0.5, 0.6) is 0 Å². The molecule has 0 aliphatic heterocycles. The van der Waals surface area contributed by atoms with Crippen LogP contribution in [0.4, 0.5) is 5.82 Å². The van der Waals surface area contributed by atoms with Crippen molar-refractivity contribution < 1.29 is 0 Å². The number of aromatic nitrogens is 2. The summed E-state index contributed by atoms with van der Waals surface area (Å²) < 4.78 is 0. The van der Waals surface area contributed by atoms with E-state index in [2.05, 4.69) is 73.5 Å². The Morgan fingerprint density at radius 3 is 2.73 bits per heavy atom. The molecule has 0 unspecified atom stereocenters. The largest absolute Gasteiger partial charge is 0.369 e. The molecule has 0 fully saturated rings. The molecule has 134 valence electrons. The maximum Gasteiger partial charge on any atom is 0.136 e. The summed E-state index contributed by atoms with van der Waals surface area (Å²) in [6.45, 7) is 6.24. The van der Waals surface area contributed by atoms with Gasteiger partial charge < -0.3 is 15.2 Å². The second kappa shape index (κ2) is 6.61. The average Bonchev–Trinajstić information content (AvgIpc) is 3.01. The second-order valence-corrected chi connectivity index (χ2v) is 7.46. The van der Waals surface area contributed by atoms with Crippen LogP contribution in [-0.4, -0.2) is 42.1 Å². The molecule has 4 nitrogen and oxygen atoms in total. The standard InChI is InChI=1S/C22H26N4/c1-14-6-8-17-16(12-14)7-9-18-19(17)20-21(25-18)15(2)13-24-22(20)23-10-5-11-26(3)4/h6-9,12-13,25H,5,10-11H2,1-4H3,(H,23,24). The highest BCUT2D eigenvalue weighted by molar-refractivity contribution is 6.23. The molecular weight excluding hydrogens is 320 g/mol. The third kappa shape index (κ3) is 2.90. The molecular formula is C22H26N4. The number of H-pyrrole nitrogens is 1. The minimum absolute atomic E-state index is 0.917. The summed E-state index contributed by atoms with van der Waals surface area (Å²) in [6.07, 6.45) is 3.05. The van der Waals surface area contributed by atoms with Crippen LogP contribution < -0.4 is 5.32 Å². The number of fused-ring (bicyclic) bond motifs is 5. The van der Waals surface area contributed by atoms with E-state index in [-0.39, 0.29) is 0 Å². The monoisotopic (exact) mass is 346 g/mol. The molecule has 0 spiro atoms. The van der Waals surface area contributed by atoms with Crippen LogP contribution in [-0.2, 0) is 0 Å². The first-order valence-electron chi connectivity index (χ1n) is 9.23. The summed E-state index contributed by atoms with van der Waals surface area (Å²) in [6, 6.07) is 11.1. The molecule has 0 saturated heterocycles.